The van der Waals surface area contributed by atoms with Crippen molar-refractivity contribution in [3.05, 3.63) is 48.5 Å². The highest BCUT2D eigenvalue weighted by Gasteiger charge is 2.12. The van der Waals surface area contributed by atoms with Gasteiger partial charge in [-0.15, -0.1) is 12.4 Å². The van der Waals surface area contributed by atoms with E-state index in [-0.39, 0.29) is 19.0 Å². The molecule has 1 aromatic heterocycles. The second-order valence-electron chi connectivity index (χ2n) is 10.9. The number of unbranched alkanes of at least 4 members (excludes halogenated alkanes) is 15. The Morgan fingerprint density at radius 2 is 1.46 bits per heavy atom. The van der Waals surface area contributed by atoms with Crippen LogP contribution in [0.2, 0.25) is 0 Å². The maximum absolute atomic E-state index is 12.1. The van der Waals surface area contributed by atoms with Crippen molar-refractivity contribution in [1.29, 1.82) is 0 Å². The number of carbonyl (C=O) groups is 2. The average Bonchev–Trinajstić information content (AvgIpc) is 3.50. The van der Waals surface area contributed by atoms with Gasteiger partial charge in [0.1, 0.15) is 6.61 Å². The number of alkyl carbamates (subject to hydrolysis) is 1. The molecule has 0 bridgehead atoms. The lowest BCUT2D eigenvalue weighted by Crippen LogP contribution is -2.27. The van der Waals surface area contributed by atoms with Crippen molar-refractivity contribution in [3.8, 4) is 0 Å². The van der Waals surface area contributed by atoms with Crippen molar-refractivity contribution in [2.45, 2.75) is 129 Å². The van der Waals surface area contributed by atoms with Crippen LogP contribution >= 0.6 is 12.4 Å². The molecule has 1 N–H and O–H groups in total. The van der Waals surface area contributed by atoms with Crippen LogP contribution in [0.4, 0.5) is 10.5 Å². The van der Waals surface area contributed by atoms with Crippen LogP contribution in [0.15, 0.2) is 43.0 Å². The number of amides is 2. The van der Waals surface area contributed by atoms with Crippen molar-refractivity contribution < 1.29 is 14.3 Å². The molecular weight excluding hydrogens is 536 g/mol. The van der Waals surface area contributed by atoms with Crippen LogP contribution < -0.4 is 10.2 Å². The predicted molar refractivity (Wildman–Crippen MR) is 172 cm³/mol. The Hall–Kier alpha value is -2.54. The van der Waals surface area contributed by atoms with Gasteiger partial charge in [0, 0.05) is 43.3 Å². The smallest absolute Gasteiger partial charge is 0.407 e. The summed E-state index contributed by atoms with van der Waals surface area (Å²) in [6.07, 6.45) is 27.9. The zero-order valence-corrected chi connectivity index (χ0v) is 26.3. The number of aryl methyl sites for hydroxylation is 1. The van der Waals surface area contributed by atoms with E-state index in [0.717, 1.165) is 43.5 Å². The molecule has 0 atom stereocenters. The Labute approximate surface area is 255 Å². The van der Waals surface area contributed by atoms with E-state index in [1.54, 1.807) is 17.4 Å². The summed E-state index contributed by atoms with van der Waals surface area (Å²) in [6, 6.07) is 7.65. The van der Waals surface area contributed by atoms with Gasteiger partial charge >= 0.3 is 6.09 Å². The minimum Gasteiger partial charge on any atom is -0.445 e. The topological polar surface area (TPSA) is 76.5 Å². The van der Waals surface area contributed by atoms with Gasteiger partial charge in [-0.3, -0.25) is 4.79 Å². The molecule has 0 radical (unpaired) electrons. The van der Waals surface area contributed by atoms with Gasteiger partial charge in [0.05, 0.1) is 6.33 Å². The average molecular weight is 591 g/mol. The molecule has 0 aliphatic rings. The second kappa shape index (κ2) is 25.2. The summed E-state index contributed by atoms with van der Waals surface area (Å²) in [5.41, 5.74) is 1.64. The highest BCUT2D eigenvalue weighted by Crippen LogP contribution is 2.21. The van der Waals surface area contributed by atoms with Gasteiger partial charge in [-0.1, -0.05) is 121 Å². The summed E-state index contributed by atoms with van der Waals surface area (Å²) in [4.78, 5) is 29.7. The summed E-state index contributed by atoms with van der Waals surface area (Å²) in [7, 11) is 0. The molecule has 0 aliphatic carbocycles. The Morgan fingerprint density at radius 3 is 2.02 bits per heavy atom. The molecule has 0 saturated heterocycles. The number of hydrogen-bond donors (Lipinski definition) is 1. The number of halogens is 1. The normalized spacial score (nSPS) is 10.7. The van der Waals surface area contributed by atoms with Gasteiger partial charge in [0.25, 0.3) is 0 Å². The molecule has 1 aromatic carbocycles. The van der Waals surface area contributed by atoms with Crippen molar-refractivity contribution in [2.24, 2.45) is 0 Å². The Kier molecular flexibility index (Phi) is 22.4. The third kappa shape index (κ3) is 17.8. The molecule has 2 aromatic rings. The molecule has 0 unspecified atom stereocenters. The zero-order valence-electron chi connectivity index (χ0n) is 25.4. The molecule has 2 amide bonds. The number of imidazole rings is 1. The van der Waals surface area contributed by atoms with Crippen LogP contribution in [0, 0.1) is 0 Å². The van der Waals surface area contributed by atoms with Crippen LogP contribution in [0.25, 0.3) is 0 Å². The first-order valence-electron chi connectivity index (χ1n) is 15.9. The molecule has 232 valence electrons. The van der Waals surface area contributed by atoms with E-state index in [0.29, 0.717) is 13.1 Å². The fraction of sp³-hybridized carbons (Fsp3) is 0.667. The maximum atomic E-state index is 12.1. The molecule has 1 heterocycles. The summed E-state index contributed by atoms with van der Waals surface area (Å²) < 4.78 is 7.39. The highest BCUT2D eigenvalue weighted by atomic mass is 35.5. The molecule has 0 aliphatic heterocycles. The summed E-state index contributed by atoms with van der Waals surface area (Å²) in [5.74, 6) is 0. The molecule has 7 nitrogen and oxygen atoms in total. The number of hydrogen-bond acceptors (Lipinski definition) is 4. The number of carbonyl (C=O) groups excluding carboxylic acids is 2. The number of aromatic nitrogens is 2. The minimum absolute atomic E-state index is 0. The first-order valence-corrected chi connectivity index (χ1v) is 15.9. The van der Waals surface area contributed by atoms with Crippen LogP contribution in [0.5, 0.6) is 0 Å². The molecular formula is C33H55ClN4O3. The SMILES string of the molecule is CCCCCCCCCCCCCCCCCCN(C=O)c1ccccc1COC(=O)NCCCn1ccnc1.Cl. The quantitative estimate of drug-likeness (QED) is 0.0925. The van der Waals surface area contributed by atoms with Crippen LogP contribution in [0.1, 0.15) is 122 Å². The van der Waals surface area contributed by atoms with Gasteiger partial charge in [-0.25, -0.2) is 9.78 Å². The van der Waals surface area contributed by atoms with Crippen molar-refractivity contribution in [1.82, 2.24) is 14.9 Å². The number of nitrogens with zero attached hydrogens (tertiary/aromatic N) is 3. The van der Waals surface area contributed by atoms with Gasteiger partial charge in [0.2, 0.25) is 6.41 Å². The maximum Gasteiger partial charge on any atom is 0.407 e. The number of anilines is 1. The first-order chi connectivity index (χ1) is 19.7. The first kappa shape index (κ1) is 36.5. The Morgan fingerprint density at radius 1 is 0.878 bits per heavy atom. The van der Waals surface area contributed by atoms with E-state index in [1.165, 1.54) is 89.9 Å². The molecule has 0 spiro atoms. The number of nitrogens with one attached hydrogen (secondary N) is 1. The van der Waals surface area contributed by atoms with E-state index in [4.69, 9.17) is 4.74 Å². The minimum atomic E-state index is -0.448. The third-order valence-electron chi connectivity index (χ3n) is 7.46. The van der Waals surface area contributed by atoms with E-state index in [9.17, 15) is 9.59 Å². The fourth-order valence-corrected chi connectivity index (χ4v) is 5.04. The Bertz CT molecular complexity index is 894. The lowest BCUT2D eigenvalue weighted by Gasteiger charge is -2.21. The number of benzene rings is 1. The number of ether oxygens (including phenoxy) is 1. The molecule has 41 heavy (non-hydrogen) atoms. The third-order valence-corrected chi connectivity index (χ3v) is 7.46. The number of para-hydroxylation sites is 1. The number of rotatable bonds is 25. The highest BCUT2D eigenvalue weighted by molar-refractivity contribution is 5.85. The monoisotopic (exact) mass is 590 g/mol. The summed E-state index contributed by atoms with van der Waals surface area (Å²) in [5, 5.41) is 2.79. The van der Waals surface area contributed by atoms with Crippen molar-refractivity contribution in [3.63, 3.8) is 0 Å². The Balaban J connectivity index is 0.00000840. The van der Waals surface area contributed by atoms with Crippen LogP contribution in [-0.4, -0.2) is 35.1 Å². The molecule has 8 heteroatoms. The van der Waals surface area contributed by atoms with Crippen LogP contribution in [0.3, 0.4) is 0 Å². The standard InChI is InChI=1S/C33H54N4O3.ClH/c1-2-3-4-5-6-7-8-9-10-11-12-13-14-15-16-19-26-37(30-38)32-22-18-17-21-31(32)28-40-33(39)35-23-20-25-36-27-24-34-29-36;/h17-18,21-22,24,27,29-30H,2-16,19-20,23,25-26,28H2,1H3,(H,35,39);1H. The van der Waals surface area contributed by atoms with Gasteiger partial charge in [0.15, 0.2) is 0 Å². The molecule has 2 rings (SSSR count). The van der Waals surface area contributed by atoms with Gasteiger partial charge in [-0.05, 0) is 18.9 Å². The summed E-state index contributed by atoms with van der Waals surface area (Å²) in [6.45, 7) is 4.40. The fourth-order valence-electron chi connectivity index (χ4n) is 5.04. The molecule has 0 fully saturated rings. The van der Waals surface area contributed by atoms with E-state index >= 15 is 0 Å². The predicted octanol–water partition coefficient (Wildman–Crippen LogP) is 8.85. The van der Waals surface area contributed by atoms with E-state index in [1.807, 2.05) is 35.0 Å². The van der Waals surface area contributed by atoms with Gasteiger partial charge in [-0.2, -0.15) is 0 Å². The van der Waals surface area contributed by atoms with Gasteiger partial charge < -0.3 is 19.5 Å². The lowest BCUT2D eigenvalue weighted by atomic mass is 10.0. The van der Waals surface area contributed by atoms with E-state index in [2.05, 4.69) is 17.2 Å². The zero-order chi connectivity index (χ0) is 28.5. The lowest BCUT2D eigenvalue weighted by molar-refractivity contribution is -0.107. The largest absolute Gasteiger partial charge is 0.445 e. The second-order valence-corrected chi connectivity index (χ2v) is 10.9. The summed E-state index contributed by atoms with van der Waals surface area (Å²) >= 11 is 0. The van der Waals surface area contributed by atoms with Crippen LogP contribution in [-0.2, 0) is 22.7 Å². The van der Waals surface area contributed by atoms with Crippen molar-refractivity contribution in [2.75, 3.05) is 18.0 Å². The van der Waals surface area contributed by atoms with E-state index < -0.39 is 6.09 Å². The molecule has 0 saturated carbocycles. The van der Waals surface area contributed by atoms with Crippen molar-refractivity contribution >= 4 is 30.6 Å².